The number of unbranched alkanes of at least 4 members (excludes halogenated alkanes) is 1. The molecule has 0 aromatic rings. The molecule has 1 aliphatic carbocycles. The first-order valence-electron chi connectivity index (χ1n) is 6.02. The van der Waals surface area contributed by atoms with Gasteiger partial charge in [-0.2, -0.15) is 0 Å². The molecule has 78 valence electrons. The van der Waals surface area contributed by atoms with E-state index < -0.39 is 0 Å². The third kappa shape index (κ3) is 2.70. The monoisotopic (exact) mass is 183 g/mol. The Bertz CT molecular complexity index is 144. The van der Waals surface area contributed by atoms with Crippen LogP contribution in [-0.4, -0.2) is 5.54 Å². The minimum absolute atomic E-state index is 0.197. The predicted octanol–water partition coefficient (Wildman–Crippen LogP) is 3.47. The third-order valence-corrected chi connectivity index (χ3v) is 3.75. The van der Waals surface area contributed by atoms with Gasteiger partial charge in [0.25, 0.3) is 0 Å². The summed E-state index contributed by atoms with van der Waals surface area (Å²) in [6.07, 6.45) is 10.5. The Hall–Kier alpha value is -0.0400. The zero-order valence-electron chi connectivity index (χ0n) is 9.31. The van der Waals surface area contributed by atoms with E-state index in [4.69, 9.17) is 5.73 Å². The van der Waals surface area contributed by atoms with Crippen molar-refractivity contribution < 1.29 is 0 Å². The Morgan fingerprint density at radius 1 is 1.31 bits per heavy atom. The molecule has 0 amide bonds. The van der Waals surface area contributed by atoms with Crippen molar-refractivity contribution in [3.05, 3.63) is 0 Å². The van der Waals surface area contributed by atoms with Gasteiger partial charge in [-0.1, -0.05) is 46.0 Å². The lowest BCUT2D eigenvalue weighted by atomic mass is 9.70. The molecule has 1 saturated carbocycles. The Kier molecular flexibility index (Phi) is 4.24. The molecule has 1 rings (SSSR count). The van der Waals surface area contributed by atoms with Gasteiger partial charge >= 0.3 is 0 Å². The summed E-state index contributed by atoms with van der Waals surface area (Å²) in [5.41, 5.74) is 6.70. The Balaban J connectivity index is 2.49. The first kappa shape index (κ1) is 11.0. The van der Waals surface area contributed by atoms with Gasteiger partial charge in [0, 0.05) is 5.54 Å². The lowest BCUT2D eigenvalue weighted by Crippen LogP contribution is -2.48. The van der Waals surface area contributed by atoms with Gasteiger partial charge in [-0.15, -0.1) is 0 Å². The second-order valence-corrected chi connectivity index (χ2v) is 4.69. The van der Waals surface area contributed by atoms with Crippen molar-refractivity contribution in [1.29, 1.82) is 0 Å². The molecule has 2 unspecified atom stereocenters. The predicted molar refractivity (Wildman–Crippen MR) is 58.7 cm³/mol. The fourth-order valence-corrected chi connectivity index (χ4v) is 2.78. The van der Waals surface area contributed by atoms with Crippen molar-refractivity contribution in [2.24, 2.45) is 11.7 Å². The number of hydrogen-bond acceptors (Lipinski definition) is 1. The molecule has 0 saturated heterocycles. The van der Waals surface area contributed by atoms with E-state index in [1.807, 2.05) is 0 Å². The molecule has 1 heteroatoms. The molecular formula is C12H25N. The topological polar surface area (TPSA) is 26.0 Å². The molecule has 0 spiro atoms. The summed E-state index contributed by atoms with van der Waals surface area (Å²) in [4.78, 5) is 0. The van der Waals surface area contributed by atoms with Crippen molar-refractivity contribution >= 4 is 0 Å². The SMILES string of the molecule is CCCCC1(N)CCCCC1CC. The highest BCUT2D eigenvalue weighted by Crippen LogP contribution is 2.37. The Morgan fingerprint density at radius 3 is 2.69 bits per heavy atom. The lowest BCUT2D eigenvalue weighted by molar-refractivity contribution is 0.168. The van der Waals surface area contributed by atoms with E-state index in [9.17, 15) is 0 Å². The van der Waals surface area contributed by atoms with Crippen LogP contribution in [0.1, 0.15) is 65.2 Å². The fraction of sp³-hybridized carbons (Fsp3) is 1.00. The molecule has 0 aromatic heterocycles. The van der Waals surface area contributed by atoms with Crippen LogP contribution < -0.4 is 5.73 Å². The van der Waals surface area contributed by atoms with Crippen molar-refractivity contribution in [2.45, 2.75) is 70.8 Å². The second kappa shape index (κ2) is 4.99. The van der Waals surface area contributed by atoms with Gasteiger partial charge in [-0.3, -0.25) is 0 Å². The van der Waals surface area contributed by atoms with Crippen LogP contribution in [0.2, 0.25) is 0 Å². The molecule has 0 heterocycles. The van der Waals surface area contributed by atoms with Crippen LogP contribution in [-0.2, 0) is 0 Å². The molecule has 1 aliphatic rings. The summed E-state index contributed by atoms with van der Waals surface area (Å²) >= 11 is 0. The highest BCUT2D eigenvalue weighted by atomic mass is 14.8. The maximum Gasteiger partial charge on any atom is 0.0182 e. The molecule has 2 N–H and O–H groups in total. The van der Waals surface area contributed by atoms with Crippen LogP contribution in [0.4, 0.5) is 0 Å². The van der Waals surface area contributed by atoms with Gasteiger partial charge < -0.3 is 5.73 Å². The van der Waals surface area contributed by atoms with Crippen LogP contribution in [0.15, 0.2) is 0 Å². The molecule has 1 fully saturated rings. The molecule has 13 heavy (non-hydrogen) atoms. The van der Waals surface area contributed by atoms with Crippen molar-refractivity contribution in [2.75, 3.05) is 0 Å². The van der Waals surface area contributed by atoms with Crippen LogP contribution in [0, 0.1) is 5.92 Å². The fourth-order valence-electron chi connectivity index (χ4n) is 2.78. The summed E-state index contributed by atoms with van der Waals surface area (Å²) in [5, 5.41) is 0. The first-order chi connectivity index (χ1) is 6.23. The highest BCUT2D eigenvalue weighted by molar-refractivity contribution is 4.93. The van der Waals surface area contributed by atoms with Crippen LogP contribution in [0.3, 0.4) is 0 Å². The highest BCUT2D eigenvalue weighted by Gasteiger charge is 2.34. The van der Waals surface area contributed by atoms with E-state index in [1.54, 1.807) is 0 Å². The summed E-state index contributed by atoms with van der Waals surface area (Å²) < 4.78 is 0. The van der Waals surface area contributed by atoms with E-state index in [2.05, 4.69) is 13.8 Å². The number of rotatable bonds is 4. The average molecular weight is 183 g/mol. The average Bonchev–Trinajstić information content (AvgIpc) is 2.16. The van der Waals surface area contributed by atoms with E-state index >= 15 is 0 Å². The van der Waals surface area contributed by atoms with Gasteiger partial charge in [0.2, 0.25) is 0 Å². The molecule has 0 radical (unpaired) electrons. The smallest absolute Gasteiger partial charge is 0.0182 e. The van der Waals surface area contributed by atoms with Crippen molar-refractivity contribution in [1.82, 2.24) is 0 Å². The number of nitrogens with two attached hydrogens (primary N) is 1. The zero-order valence-corrected chi connectivity index (χ0v) is 9.31. The lowest BCUT2D eigenvalue weighted by Gasteiger charge is -2.41. The standard InChI is InChI=1S/C12H25N/c1-3-5-9-12(13)10-7-6-8-11(12)4-2/h11H,3-10,13H2,1-2H3. The maximum absolute atomic E-state index is 6.50. The summed E-state index contributed by atoms with van der Waals surface area (Å²) in [6, 6.07) is 0. The van der Waals surface area contributed by atoms with Gasteiger partial charge in [0.15, 0.2) is 0 Å². The molecule has 2 atom stereocenters. The van der Waals surface area contributed by atoms with Gasteiger partial charge in [0.1, 0.15) is 0 Å². The second-order valence-electron chi connectivity index (χ2n) is 4.69. The minimum Gasteiger partial charge on any atom is -0.325 e. The quantitative estimate of drug-likeness (QED) is 0.709. The number of hydrogen-bond donors (Lipinski definition) is 1. The maximum atomic E-state index is 6.50. The third-order valence-electron chi connectivity index (χ3n) is 3.75. The van der Waals surface area contributed by atoms with Gasteiger partial charge in [-0.05, 0) is 25.2 Å². The van der Waals surface area contributed by atoms with Gasteiger partial charge in [-0.25, -0.2) is 0 Å². The van der Waals surface area contributed by atoms with Crippen LogP contribution in [0.5, 0.6) is 0 Å². The molecule has 0 aliphatic heterocycles. The normalized spacial score (nSPS) is 34.8. The van der Waals surface area contributed by atoms with E-state index in [0.29, 0.717) is 0 Å². The summed E-state index contributed by atoms with van der Waals surface area (Å²) in [5.74, 6) is 0.799. The van der Waals surface area contributed by atoms with Gasteiger partial charge in [0.05, 0.1) is 0 Å². The Morgan fingerprint density at radius 2 is 2.08 bits per heavy atom. The van der Waals surface area contributed by atoms with E-state index in [1.165, 1.54) is 51.4 Å². The molecular weight excluding hydrogens is 158 g/mol. The molecule has 0 bridgehead atoms. The van der Waals surface area contributed by atoms with Crippen molar-refractivity contribution in [3.8, 4) is 0 Å². The minimum atomic E-state index is 0.197. The zero-order chi connectivity index (χ0) is 9.73. The molecule has 1 nitrogen and oxygen atoms in total. The summed E-state index contributed by atoms with van der Waals surface area (Å²) in [7, 11) is 0. The first-order valence-corrected chi connectivity index (χ1v) is 6.02. The largest absolute Gasteiger partial charge is 0.325 e. The summed E-state index contributed by atoms with van der Waals surface area (Å²) in [6.45, 7) is 4.55. The van der Waals surface area contributed by atoms with Crippen LogP contribution in [0.25, 0.3) is 0 Å². The van der Waals surface area contributed by atoms with E-state index in [-0.39, 0.29) is 5.54 Å². The van der Waals surface area contributed by atoms with Crippen molar-refractivity contribution in [3.63, 3.8) is 0 Å². The van der Waals surface area contributed by atoms with Crippen LogP contribution >= 0.6 is 0 Å². The van der Waals surface area contributed by atoms with E-state index in [0.717, 1.165) is 5.92 Å². The Labute approximate surface area is 83.1 Å². The molecule has 0 aromatic carbocycles.